The molecular formula is C20H26NaO4P. The van der Waals surface area contributed by atoms with Crippen LogP contribution in [0.4, 0.5) is 0 Å². The normalized spacial score (nSPS) is 12.3. The third kappa shape index (κ3) is 6.75. The van der Waals surface area contributed by atoms with Crippen LogP contribution < -0.4 is 43.5 Å². The fourth-order valence-electron chi connectivity index (χ4n) is 2.31. The summed E-state index contributed by atoms with van der Waals surface area (Å²) in [7, 11) is -4.50. The first-order valence-corrected chi connectivity index (χ1v) is 9.74. The number of phosphoric ester groups is 1. The van der Waals surface area contributed by atoms with Crippen LogP contribution in [-0.2, 0) is 15.4 Å². The van der Waals surface area contributed by atoms with Crippen molar-refractivity contribution >= 4 is 7.82 Å². The van der Waals surface area contributed by atoms with Gasteiger partial charge in [0.2, 0.25) is 0 Å². The van der Waals surface area contributed by atoms with E-state index in [1.54, 1.807) is 24.3 Å². The largest absolute Gasteiger partial charge is 1.00 e. The van der Waals surface area contributed by atoms with Crippen molar-refractivity contribution in [1.29, 1.82) is 0 Å². The second kappa shape index (κ2) is 8.50. The summed E-state index contributed by atoms with van der Waals surface area (Å²) in [6, 6.07) is 14.0. The van der Waals surface area contributed by atoms with Crippen LogP contribution in [0, 0.1) is 0 Å². The molecule has 0 N–H and O–H groups in total. The standard InChI is InChI=1S/C20H27O4P.Na/c1-19(2,3)15-7-11-17(12-8-15)23-25(21,22)24-18-13-9-16(10-14-18)20(4,5)6;/h7-14H,1-6H3,(H,21,22);/q;+1/p-1. The maximum atomic E-state index is 12.1. The van der Waals surface area contributed by atoms with Gasteiger partial charge in [0.15, 0.2) is 0 Å². The predicted molar refractivity (Wildman–Crippen MR) is 99.1 cm³/mol. The van der Waals surface area contributed by atoms with Gasteiger partial charge in [0.05, 0.1) is 0 Å². The minimum Gasteiger partial charge on any atom is -0.736 e. The van der Waals surface area contributed by atoms with Gasteiger partial charge >= 0.3 is 37.4 Å². The third-order valence-corrected chi connectivity index (χ3v) is 4.74. The van der Waals surface area contributed by atoms with Crippen LogP contribution >= 0.6 is 7.82 Å². The Balaban J connectivity index is 0.00000338. The molecule has 0 fully saturated rings. The number of phosphoric acid groups is 1. The summed E-state index contributed by atoms with van der Waals surface area (Å²) in [5.74, 6) is 0.468. The molecular weight excluding hydrogens is 358 g/mol. The van der Waals surface area contributed by atoms with Crippen molar-refractivity contribution < 1.29 is 48.1 Å². The van der Waals surface area contributed by atoms with E-state index in [-0.39, 0.29) is 51.9 Å². The molecule has 0 radical (unpaired) electrons. The van der Waals surface area contributed by atoms with E-state index in [0.717, 1.165) is 11.1 Å². The molecule has 26 heavy (non-hydrogen) atoms. The number of hydrogen-bond donors (Lipinski definition) is 0. The molecule has 0 amide bonds. The number of benzene rings is 2. The van der Waals surface area contributed by atoms with Crippen LogP contribution in [0.25, 0.3) is 0 Å². The molecule has 0 aliphatic heterocycles. The number of rotatable bonds is 4. The molecule has 136 valence electrons. The molecule has 2 aromatic rings. The number of hydrogen-bond acceptors (Lipinski definition) is 4. The van der Waals surface area contributed by atoms with Gasteiger partial charge in [-0.2, -0.15) is 0 Å². The molecule has 0 saturated heterocycles. The molecule has 6 heteroatoms. The van der Waals surface area contributed by atoms with Crippen molar-refractivity contribution in [1.82, 2.24) is 0 Å². The minimum absolute atomic E-state index is 0. The fraction of sp³-hybridized carbons (Fsp3) is 0.400. The van der Waals surface area contributed by atoms with E-state index < -0.39 is 7.82 Å². The smallest absolute Gasteiger partial charge is 0.736 e. The quantitative estimate of drug-likeness (QED) is 0.599. The molecule has 2 aromatic carbocycles. The van der Waals surface area contributed by atoms with Crippen LogP contribution in [0.1, 0.15) is 52.7 Å². The van der Waals surface area contributed by atoms with Crippen molar-refractivity contribution in [3.8, 4) is 11.5 Å². The Morgan fingerprint density at radius 2 is 0.962 bits per heavy atom. The van der Waals surface area contributed by atoms with Crippen molar-refractivity contribution in [3.63, 3.8) is 0 Å². The zero-order valence-corrected chi connectivity index (χ0v) is 19.6. The average molecular weight is 384 g/mol. The maximum Gasteiger partial charge on any atom is 1.00 e. The van der Waals surface area contributed by atoms with E-state index in [1.165, 1.54) is 0 Å². The molecule has 0 bridgehead atoms. The van der Waals surface area contributed by atoms with Gasteiger partial charge < -0.3 is 13.9 Å². The summed E-state index contributed by atoms with van der Waals surface area (Å²) in [4.78, 5) is 12.1. The molecule has 0 atom stereocenters. The van der Waals surface area contributed by atoms with Crippen LogP contribution in [0.2, 0.25) is 0 Å². The zero-order chi connectivity index (χ0) is 18.9. The van der Waals surface area contributed by atoms with Gasteiger partial charge in [-0.1, -0.05) is 65.8 Å². The second-order valence-corrected chi connectivity index (χ2v) is 9.44. The van der Waals surface area contributed by atoms with Crippen molar-refractivity contribution in [3.05, 3.63) is 59.7 Å². The monoisotopic (exact) mass is 384 g/mol. The van der Waals surface area contributed by atoms with Crippen molar-refractivity contribution in [2.75, 3.05) is 0 Å². The van der Waals surface area contributed by atoms with E-state index in [2.05, 4.69) is 41.5 Å². The second-order valence-electron chi connectivity index (χ2n) is 8.18. The molecule has 0 aromatic heterocycles. The van der Waals surface area contributed by atoms with E-state index in [4.69, 9.17) is 9.05 Å². The maximum absolute atomic E-state index is 12.1. The summed E-state index contributed by atoms with van der Waals surface area (Å²) in [6.45, 7) is 12.5. The topological polar surface area (TPSA) is 58.6 Å². The fourth-order valence-corrected chi connectivity index (χ4v) is 3.11. The molecule has 0 heterocycles. The van der Waals surface area contributed by atoms with Crippen molar-refractivity contribution in [2.45, 2.75) is 52.4 Å². The van der Waals surface area contributed by atoms with Crippen molar-refractivity contribution in [2.24, 2.45) is 0 Å². The van der Waals surface area contributed by atoms with Gasteiger partial charge in [-0.15, -0.1) is 0 Å². The first kappa shape index (κ1) is 23.3. The Morgan fingerprint density at radius 3 is 1.19 bits per heavy atom. The zero-order valence-electron chi connectivity index (χ0n) is 16.7. The third-order valence-electron chi connectivity index (χ3n) is 3.88. The van der Waals surface area contributed by atoms with Gasteiger partial charge in [-0.3, -0.25) is 0 Å². The Bertz CT molecular complexity index is 693. The summed E-state index contributed by atoms with van der Waals surface area (Å²) in [5.41, 5.74) is 2.18. The summed E-state index contributed by atoms with van der Waals surface area (Å²) in [5, 5.41) is 0. The van der Waals surface area contributed by atoms with E-state index in [0.29, 0.717) is 0 Å². The molecule has 0 saturated carbocycles. The van der Waals surface area contributed by atoms with E-state index >= 15 is 0 Å². The Morgan fingerprint density at radius 1 is 0.692 bits per heavy atom. The predicted octanol–water partition coefficient (Wildman–Crippen LogP) is 2.21. The molecule has 4 nitrogen and oxygen atoms in total. The van der Waals surface area contributed by atoms with Gasteiger partial charge in [0.1, 0.15) is 11.5 Å². The van der Waals surface area contributed by atoms with E-state index in [1.807, 2.05) is 24.3 Å². The summed E-state index contributed by atoms with van der Waals surface area (Å²) >= 11 is 0. The molecule has 0 unspecified atom stereocenters. The Labute approximate surface area is 178 Å². The first-order chi connectivity index (χ1) is 11.4. The van der Waals surface area contributed by atoms with Crippen LogP contribution in [0.3, 0.4) is 0 Å². The van der Waals surface area contributed by atoms with Crippen LogP contribution in [0.5, 0.6) is 11.5 Å². The molecule has 0 aliphatic rings. The molecule has 0 spiro atoms. The molecule has 0 aliphatic carbocycles. The first-order valence-electron chi connectivity index (χ1n) is 8.28. The molecule has 2 rings (SSSR count). The summed E-state index contributed by atoms with van der Waals surface area (Å²) < 4.78 is 22.2. The van der Waals surface area contributed by atoms with Gasteiger partial charge in [0, 0.05) is 0 Å². The minimum atomic E-state index is -4.50. The van der Waals surface area contributed by atoms with Gasteiger partial charge in [0.25, 0.3) is 0 Å². The van der Waals surface area contributed by atoms with Gasteiger partial charge in [-0.25, -0.2) is 4.57 Å². The Hall–Kier alpha value is -0.770. The van der Waals surface area contributed by atoms with Gasteiger partial charge in [-0.05, 0) is 46.2 Å². The summed E-state index contributed by atoms with van der Waals surface area (Å²) in [6.07, 6.45) is 0. The average Bonchev–Trinajstić information content (AvgIpc) is 2.45. The SMILES string of the molecule is CC(C)(C)c1ccc(OP(=O)([O-])Oc2ccc(C(C)(C)C)cc2)cc1.[Na+]. The van der Waals surface area contributed by atoms with E-state index in [9.17, 15) is 9.46 Å². The van der Waals surface area contributed by atoms with Crippen LogP contribution in [-0.4, -0.2) is 0 Å². The Kier molecular flexibility index (Phi) is 7.60. The van der Waals surface area contributed by atoms with Crippen LogP contribution in [0.15, 0.2) is 48.5 Å².